The zero-order valence-corrected chi connectivity index (χ0v) is 19.8. The Kier molecular flexibility index (Phi) is 7.12. The highest BCUT2D eigenvalue weighted by Crippen LogP contribution is 2.42. The zero-order chi connectivity index (χ0) is 28.4. The summed E-state index contributed by atoms with van der Waals surface area (Å²) in [6.45, 7) is -0.271. The number of hydrogen-bond donors (Lipinski definition) is 4. The van der Waals surface area contributed by atoms with Crippen LogP contribution >= 0.6 is 0 Å². The van der Waals surface area contributed by atoms with Crippen molar-refractivity contribution < 1.29 is 58.7 Å². The Morgan fingerprint density at radius 3 is 1.56 bits per heavy atom. The third kappa shape index (κ3) is 4.78. The highest BCUT2D eigenvalue weighted by atomic mass is 16.5. The van der Waals surface area contributed by atoms with Gasteiger partial charge >= 0.3 is 35.8 Å². The number of esters is 2. The highest BCUT2D eigenvalue weighted by molar-refractivity contribution is 6.16. The number of carbonyl (C=O) groups excluding carboxylic acids is 2. The Balaban J connectivity index is 2.26. The van der Waals surface area contributed by atoms with Crippen molar-refractivity contribution in [1.82, 2.24) is 0 Å². The minimum Gasteiger partial charge on any atom is -0.478 e. The van der Waals surface area contributed by atoms with Crippen LogP contribution in [-0.4, -0.2) is 69.5 Å². The molecule has 0 radical (unpaired) electrons. The van der Waals surface area contributed by atoms with Crippen LogP contribution in [0.4, 0.5) is 0 Å². The molecule has 0 aromatic heterocycles. The number of aromatic carboxylic acids is 4. The van der Waals surface area contributed by atoms with Crippen LogP contribution in [-0.2, 0) is 9.47 Å². The fourth-order valence-corrected chi connectivity index (χ4v) is 4.38. The maximum atomic E-state index is 13.3. The minimum atomic E-state index is -1.69. The summed E-state index contributed by atoms with van der Waals surface area (Å²) in [4.78, 5) is 74.5. The molecule has 3 aromatic carbocycles. The van der Waals surface area contributed by atoms with Gasteiger partial charge in [-0.1, -0.05) is 30.3 Å². The number of carboxylic acid groups (broad SMARTS) is 4. The van der Waals surface area contributed by atoms with Crippen LogP contribution in [0.3, 0.4) is 0 Å². The van der Waals surface area contributed by atoms with Gasteiger partial charge in [0, 0.05) is 12.0 Å². The molecular formula is C27H18O12. The Labute approximate surface area is 218 Å². The van der Waals surface area contributed by atoms with Gasteiger partial charge in [-0.05, 0) is 34.9 Å². The molecule has 1 heterocycles. The summed E-state index contributed by atoms with van der Waals surface area (Å²) in [7, 11) is 0. The lowest BCUT2D eigenvalue weighted by Crippen LogP contribution is -2.17. The molecule has 12 nitrogen and oxygen atoms in total. The molecule has 12 heteroatoms. The molecule has 4 N–H and O–H groups in total. The summed E-state index contributed by atoms with van der Waals surface area (Å²) in [5.41, 5.74) is -4.64. The van der Waals surface area contributed by atoms with Crippen LogP contribution in [0.25, 0.3) is 22.3 Å². The number of benzene rings is 3. The first-order valence-corrected chi connectivity index (χ1v) is 11.3. The van der Waals surface area contributed by atoms with Crippen molar-refractivity contribution in [2.75, 3.05) is 13.2 Å². The second kappa shape index (κ2) is 10.5. The maximum absolute atomic E-state index is 13.3. The summed E-state index contributed by atoms with van der Waals surface area (Å²) in [6.07, 6.45) is 0.159. The van der Waals surface area contributed by atoms with Crippen molar-refractivity contribution in [2.24, 2.45) is 0 Å². The van der Waals surface area contributed by atoms with E-state index in [0.717, 1.165) is 18.2 Å². The van der Waals surface area contributed by atoms with Gasteiger partial charge < -0.3 is 29.9 Å². The number of carbonyl (C=O) groups is 6. The SMILES string of the molecule is O=C(O)c1cccc(-c2ccc3c(c2-c2cccc(C(=O)O)c2C(=O)O)C(=O)OCCCOC3=O)c1C(=O)O. The van der Waals surface area contributed by atoms with Crippen LogP contribution in [0.15, 0.2) is 48.5 Å². The monoisotopic (exact) mass is 534 g/mol. The van der Waals surface area contributed by atoms with Gasteiger partial charge in [0.2, 0.25) is 0 Å². The normalized spacial score (nSPS) is 13.1. The second-order valence-electron chi connectivity index (χ2n) is 8.21. The molecule has 4 rings (SSSR count). The second-order valence-corrected chi connectivity index (χ2v) is 8.21. The Bertz CT molecular complexity index is 1580. The van der Waals surface area contributed by atoms with E-state index in [4.69, 9.17) is 9.47 Å². The van der Waals surface area contributed by atoms with Gasteiger partial charge in [0.1, 0.15) is 0 Å². The molecule has 1 aliphatic rings. The third-order valence-electron chi connectivity index (χ3n) is 5.96. The van der Waals surface area contributed by atoms with Gasteiger partial charge in [-0.25, -0.2) is 28.8 Å². The summed E-state index contributed by atoms with van der Waals surface area (Å²) < 4.78 is 10.4. The van der Waals surface area contributed by atoms with E-state index in [9.17, 15) is 49.2 Å². The minimum absolute atomic E-state index is 0.0959. The van der Waals surface area contributed by atoms with E-state index in [-0.39, 0.29) is 47.5 Å². The van der Waals surface area contributed by atoms with Gasteiger partial charge in [0.05, 0.1) is 46.6 Å². The van der Waals surface area contributed by atoms with Gasteiger partial charge in [-0.15, -0.1) is 0 Å². The van der Waals surface area contributed by atoms with Crippen molar-refractivity contribution >= 4 is 35.8 Å². The predicted octanol–water partition coefficient (Wildman–Crippen LogP) is 3.53. The molecule has 0 fully saturated rings. The van der Waals surface area contributed by atoms with Crippen LogP contribution < -0.4 is 0 Å². The number of fused-ring (bicyclic) bond motifs is 1. The first-order valence-electron chi connectivity index (χ1n) is 11.3. The third-order valence-corrected chi connectivity index (χ3v) is 5.96. The van der Waals surface area contributed by atoms with Crippen LogP contribution in [0, 0.1) is 0 Å². The predicted molar refractivity (Wildman–Crippen MR) is 130 cm³/mol. The number of ether oxygens (including phenoxy) is 2. The average Bonchev–Trinajstić information content (AvgIpc) is 2.96. The molecular weight excluding hydrogens is 516 g/mol. The molecule has 0 saturated heterocycles. The van der Waals surface area contributed by atoms with E-state index in [1.807, 2.05) is 0 Å². The Morgan fingerprint density at radius 1 is 0.538 bits per heavy atom. The first kappa shape index (κ1) is 26.5. The van der Waals surface area contributed by atoms with Crippen LogP contribution in [0.2, 0.25) is 0 Å². The maximum Gasteiger partial charge on any atom is 0.339 e. The van der Waals surface area contributed by atoms with Crippen molar-refractivity contribution in [3.63, 3.8) is 0 Å². The molecule has 0 saturated carbocycles. The fraction of sp³-hybridized carbons (Fsp3) is 0.111. The molecule has 39 heavy (non-hydrogen) atoms. The fourth-order valence-electron chi connectivity index (χ4n) is 4.38. The van der Waals surface area contributed by atoms with Gasteiger partial charge in [-0.2, -0.15) is 0 Å². The van der Waals surface area contributed by atoms with Gasteiger partial charge in [0.15, 0.2) is 0 Å². The van der Waals surface area contributed by atoms with Crippen molar-refractivity contribution in [3.8, 4) is 22.3 Å². The largest absolute Gasteiger partial charge is 0.478 e. The zero-order valence-electron chi connectivity index (χ0n) is 19.8. The van der Waals surface area contributed by atoms with Crippen molar-refractivity contribution in [1.29, 1.82) is 0 Å². The molecule has 0 unspecified atom stereocenters. The lowest BCUT2D eigenvalue weighted by molar-refractivity contribution is 0.0433. The van der Waals surface area contributed by atoms with Crippen molar-refractivity contribution in [3.05, 3.63) is 81.9 Å². The van der Waals surface area contributed by atoms with E-state index in [1.165, 1.54) is 30.3 Å². The highest BCUT2D eigenvalue weighted by Gasteiger charge is 2.33. The topological polar surface area (TPSA) is 202 Å². The smallest absolute Gasteiger partial charge is 0.339 e. The number of carboxylic acids is 4. The van der Waals surface area contributed by atoms with E-state index in [0.29, 0.717) is 0 Å². The molecule has 3 aromatic rings. The lowest BCUT2D eigenvalue weighted by Gasteiger charge is -2.20. The molecule has 1 aliphatic heterocycles. The standard InChI is InChI=1S/C27H18O12/c28-22(29)15-6-1-4-12(19(15)24(32)33)13-8-9-17-21(27(37)39-11-3-10-38-26(17)36)18(13)14-5-2-7-16(23(30)31)20(14)25(34)35/h1-2,4-9H,3,10-11H2,(H,28,29)(H,30,31)(H,32,33)(H,34,35). The first-order chi connectivity index (χ1) is 18.5. The van der Waals surface area contributed by atoms with E-state index in [1.54, 1.807) is 0 Å². The molecule has 0 atom stereocenters. The van der Waals surface area contributed by atoms with Crippen molar-refractivity contribution in [2.45, 2.75) is 6.42 Å². The summed E-state index contributed by atoms with van der Waals surface area (Å²) in [5.74, 6) is -8.54. The summed E-state index contributed by atoms with van der Waals surface area (Å²) >= 11 is 0. The van der Waals surface area contributed by atoms with Gasteiger partial charge in [-0.3, -0.25) is 0 Å². The van der Waals surface area contributed by atoms with Crippen LogP contribution in [0.5, 0.6) is 0 Å². The Hall–Kier alpha value is -5.52. The Morgan fingerprint density at radius 2 is 1.03 bits per heavy atom. The quantitative estimate of drug-likeness (QED) is 0.336. The lowest BCUT2D eigenvalue weighted by atomic mass is 9.82. The molecule has 198 valence electrons. The number of rotatable bonds is 6. The van der Waals surface area contributed by atoms with E-state index >= 15 is 0 Å². The molecule has 0 spiro atoms. The molecule has 0 amide bonds. The number of cyclic esters (lactones) is 2. The van der Waals surface area contributed by atoms with E-state index in [2.05, 4.69) is 0 Å². The number of hydrogen-bond acceptors (Lipinski definition) is 8. The molecule has 0 bridgehead atoms. The van der Waals surface area contributed by atoms with Crippen LogP contribution in [0.1, 0.15) is 68.6 Å². The summed E-state index contributed by atoms with van der Waals surface area (Å²) in [6, 6.07) is 9.28. The average molecular weight is 534 g/mol. The van der Waals surface area contributed by atoms with E-state index < -0.39 is 63.6 Å². The summed E-state index contributed by atoms with van der Waals surface area (Å²) in [5, 5.41) is 39.2. The van der Waals surface area contributed by atoms with Gasteiger partial charge in [0.25, 0.3) is 0 Å². The molecule has 0 aliphatic carbocycles.